The van der Waals surface area contributed by atoms with Gasteiger partial charge in [0.1, 0.15) is 23.9 Å². The molecule has 0 amide bonds. The first-order valence-corrected chi connectivity index (χ1v) is 12.5. The van der Waals surface area contributed by atoms with Gasteiger partial charge in [0, 0.05) is 11.8 Å². The van der Waals surface area contributed by atoms with Crippen LogP contribution in [0.1, 0.15) is 45.4 Å². The first-order valence-electron chi connectivity index (χ1n) is 12.5. The highest BCUT2D eigenvalue weighted by atomic mass is 16.7. The predicted octanol–water partition coefficient (Wildman–Crippen LogP) is 0.610. The molecule has 0 unspecified atom stereocenters. The van der Waals surface area contributed by atoms with Crippen LogP contribution in [0.4, 0.5) is 0 Å². The first-order chi connectivity index (χ1) is 17.1. The van der Waals surface area contributed by atoms with E-state index in [2.05, 4.69) is 5.92 Å². The monoisotopic (exact) mass is 500 g/mol. The van der Waals surface area contributed by atoms with Crippen LogP contribution in [-0.2, 0) is 19.1 Å². The summed E-state index contributed by atoms with van der Waals surface area (Å²) >= 11 is 0. The zero-order valence-electron chi connectivity index (χ0n) is 20.0. The van der Waals surface area contributed by atoms with E-state index in [0.717, 1.165) is 11.1 Å². The Labute approximate surface area is 209 Å². The number of carbonyl (C=O) groups excluding carboxylic acids is 1. The number of fused-ring (bicyclic) bond motifs is 4. The number of carboxylic acids is 1. The number of hydrogen-bond acceptors (Lipinski definition) is 8. The van der Waals surface area contributed by atoms with Crippen molar-refractivity contribution in [3.05, 3.63) is 34.9 Å². The molecular weight excluding hydrogens is 468 g/mol. The average molecular weight is 501 g/mol. The standard InChI is InChI=1S/C27H32O9/c1-3-26-9-7-15-14-6-5-13(28)11-17(14)19(12-16(15)18(26)8-10-27(26,34)4-2)35-25-22(31)20(29)21(30)23(36-25)24(32)33/h2,7,9,11,16,18-23,25,29-31,34H,3,5-6,8,10,12H2,1H3,(H,32,33)/t16-,18+,19+,20+,21+,22-,23+,25-,26+,27+/m1/s1. The van der Waals surface area contributed by atoms with Crippen LogP contribution in [0.2, 0.25) is 0 Å². The Balaban J connectivity index is 1.53. The number of ether oxygens (including phenoxy) is 2. The van der Waals surface area contributed by atoms with E-state index in [1.807, 2.05) is 19.1 Å². The SMILES string of the molecule is C#C[C@]1(O)CC[C@H]2[C@@H]3C[C@H](O[C@@H]4O[C@H](C(=O)O)[C@@H](O)[C@H](O)[C@H]4O)C4=CC(=O)CCC4=C3C=C[C@@]21CC. The number of hydrogen-bond donors (Lipinski definition) is 5. The molecule has 5 rings (SSSR count). The Hall–Kier alpha value is -2.32. The van der Waals surface area contributed by atoms with Crippen LogP contribution in [-0.4, -0.2) is 79.7 Å². The van der Waals surface area contributed by atoms with Crippen molar-refractivity contribution in [2.75, 3.05) is 0 Å². The number of aliphatic hydroxyl groups is 4. The molecule has 0 aromatic rings. The van der Waals surface area contributed by atoms with E-state index >= 15 is 0 Å². The lowest BCUT2D eigenvalue weighted by Crippen LogP contribution is -2.61. The Bertz CT molecular complexity index is 1100. The maximum atomic E-state index is 12.4. The maximum Gasteiger partial charge on any atom is 0.335 e. The number of aliphatic carboxylic acids is 1. The van der Waals surface area contributed by atoms with E-state index in [9.17, 15) is 35.1 Å². The van der Waals surface area contributed by atoms with Crippen LogP contribution in [0.5, 0.6) is 0 Å². The normalized spacial score (nSPS) is 45.9. The second-order valence-corrected chi connectivity index (χ2v) is 10.6. The molecule has 1 heterocycles. The molecule has 4 aliphatic carbocycles. The lowest BCUT2D eigenvalue weighted by atomic mass is 9.56. The Morgan fingerprint density at radius 1 is 1.25 bits per heavy atom. The van der Waals surface area contributed by atoms with Crippen molar-refractivity contribution in [1.29, 1.82) is 0 Å². The number of carboxylic acid groups (broad SMARTS) is 1. The third-order valence-electron chi connectivity index (χ3n) is 9.08. The smallest absolute Gasteiger partial charge is 0.335 e. The van der Waals surface area contributed by atoms with Gasteiger partial charge in [-0.25, -0.2) is 4.79 Å². The Kier molecular flexibility index (Phi) is 6.27. The molecular formula is C27H32O9. The largest absolute Gasteiger partial charge is 0.479 e. The second kappa shape index (κ2) is 8.91. The molecule has 0 radical (unpaired) electrons. The summed E-state index contributed by atoms with van der Waals surface area (Å²) in [5.41, 5.74) is 0.829. The summed E-state index contributed by atoms with van der Waals surface area (Å²) in [6, 6.07) is 0. The zero-order valence-corrected chi connectivity index (χ0v) is 20.0. The van der Waals surface area contributed by atoms with Gasteiger partial charge in [0.15, 0.2) is 18.2 Å². The predicted molar refractivity (Wildman–Crippen MR) is 125 cm³/mol. The minimum atomic E-state index is -1.82. The van der Waals surface area contributed by atoms with E-state index in [1.54, 1.807) is 0 Å². The second-order valence-electron chi connectivity index (χ2n) is 10.6. The van der Waals surface area contributed by atoms with Gasteiger partial charge in [-0.15, -0.1) is 6.42 Å². The maximum absolute atomic E-state index is 12.4. The summed E-state index contributed by atoms with van der Waals surface area (Å²) in [6.07, 6.45) is 5.15. The van der Waals surface area contributed by atoms with E-state index < -0.39 is 53.8 Å². The lowest BCUT2D eigenvalue weighted by Gasteiger charge is -2.50. The van der Waals surface area contributed by atoms with E-state index in [-0.39, 0.29) is 17.6 Å². The quantitative estimate of drug-likeness (QED) is 0.349. The topological polar surface area (TPSA) is 154 Å². The highest BCUT2D eigenvalue weighted by molar-refractivity contribution is 5.93. The molecule has 9 nitrogen and oxygen atoms in total. The van der Waals surface area contributed by atoms with Gasteiger partial charge >= 0.3 is 5.97 Å². The van der Waals surface area contributed by atoms with Crippen LogP contribution in [0.25, 0.3) is 0 Å². The molecule has 0 spiro atoms. The number of terminal acetylenes is 1. The minimum absolute atomic E-state index is 0.0257. The molecule has 10 atom stereocenters. The summed E-state index contributed by atoms with van der Waals surface area (Å²) in [6.45, 7) is 2.01. The van der Waals surface area contributed by atoms with Crippen LogP contribution < -0.4 is 0 Å². The fourth-order valence-corrected chi connectivity index (χ4v) is 7.19. The molecule has 36 heavy (non-hydrogen) atoms. The van der Waals surface area contributed by atoms with Crippen molar-refractivity contribution < 1.29 is 44.6 Å². The third kappa shape index (κ3) is 3.55. The molecule has 5 N–H and O–H groups in total. The third-order valence-corrected chi connectivity index (χ3v) is 9.08. The minimum Gasteiger partial charge on any atom is -0.479 e. The molecule has 1 saturated carbocycles. The number of ketones is 1. The number of carbonyl (C=O) groups is 2. The van der Waals surface area contributed by atoms with Crippen LogP contribution in [0.3, 0.4) is 0 Å². The molecule has 1 saturated heterocycles. The van der Waals surface area contributed by atoms with Gasteiger partial charge in [-0.3, -0.25) is 4.79 Å². The fourth-order valence-electron chi connectivity index (χ4n) is 7.19. The van der Waals surface area contributed by atoms with E-state index in [1.165, 1.54) is 6.08 Å². The lowest BCUT2D eigenvalue weighted by molar-refractivity contribution is -0.302. The van der Waals surface area contributed by atoms with Crippen molar-refractivity contribution in [2.24, 2.45) is 17.3 Å². The number of aliphatic hydroxyl groups excluding tert-OH is 3. The highest BCUT2D eigenvalue weighted by Gasteiger charge is 2.61. The van der Waals surface area contributed by atoms with Crippen molar-refractivity contribution >= 4 is 11.8 Å². The van der Waals surface area contributed by atoms with Crippen LogP contribution in [0, 0.1) is 29.6 Å². The van der Waals surface area contributed by atoms with Gasteiger partial charge in [0.25, 0.3) is 0 Å². The van der Waals surface area contributed by atoms with Gasteiger partial charge in [0.05, 0.1) is 6.10 Å². The molecule has 9 heteroatoms. The highest BCUT2D eigenvalue weighted by Crippen LogP contribution is 2.62. The summed E-state index contributed by atoms with van der Waals surface area (Å²) in [4.78, 5) is 23.9. The summed E-state index contributed by atoms with van der Waals surface area (Å²) in [7, 11) is 0. The van der Waals surface area contributed by atoms with Crippen LogP contribution >= 0.6 is 0 Å². The van der Waals surface area contributed by atoms with Gasteiger partial charge in [-0.05, 0) is 66.7 Å². The van der Waals surface area contributed by atoms with Gasteiger partial charge in [0.2, 0.25) is 0 Å². The van der Waals surface area contributed by atoms with E-state index in [0.29, 0.717) is 44.1 Å². The average Bonchev–Trinajstić information content (AvgIpc) is 3.17. The van der Waals surface area contributed by atoms with Gasteiger partial charge < -0.3 is 35.0 Å². The first kappa shape index (κ1) is 25.3. The molecule has 194 valence electrons. The molecule has 5 aliphatic rings. The molecule has 0 aromatic heterocycles. The Morgan fingerprint density at radius 3 is 2.67 bits per heavy atom. The Morgan fingerprint density at radius 2 is 2.00 bits per heavy atom. The summed E-state index contributed by atoms with van der Waals surface area (Å²) in [5.74, 6) is 1.06. The zero-order chi connectivity index (χ0) is 26.0. The van der Waals surface area contributed by atoms with E-state index in [4.69, 9.17) is 15.9 Å². The van der Waals surface area contributed by atoms with Crippen molar-refractivity contribution in [3.63, 3.8) is 0 Å². The van der Waals surface area contributed by atoms with Crippen molar-refractivity contribution in [1.82, 2.24) is 0 Å². The van der Waals surface area contributed by atoms with Crippen LogP contribution in [0.15, 0.2) is 34.9 Å². The van der Waals surface area contributed by atoms with Crippen molar-refractivity contribution in [3.8, 4) is 12.3 Å². The van der Waals surface area contributed by atoms with Gasteiger partial charge in [-0.2, -0.15) is 0 Å². The molecule has 2 fully saturated rings. The number of allylic oxidation sites excluding steroid dienone is 3. The fraction of sp³-hybridized carbons (Fsp3) is 0.630. The summed E-state index contributed by atoms with van der Waals surface area (Å²) in [5, 5.41) is 51.6. The molecule has 1 aliphatic heterocycles. The molecule has 0 bridgehead atoms. The van der Waals surface area contributed by atoms with Crippen molar-refractivity contribution in [2.45, 2.75) is 87.9 Å². The van der Waals surface area contributed by atoms with Gasteiger partial charge in [-0.1, -0.05) is 25.0 Å². The molecule has 0 aromatic carbocycles. The number of rotatable bonds is 4. The summed E-state index contributed by atoms with van der Waals surface area (Å²) < 4.78 is 11.5.